The second-order valence-electron chi connectivity index (χ2n) is 6.58. The Hall–Kier alpha value is -1.55. The van der Waals surface area contributed by atoms with E-state index in [0.29, 0.717) is 6.54 Å². The predicted molar refractivity (Wildman–Crippen MR) is 106 cm³/mol. The standard InChI is InChI=1S/C21H36N2O2/c1-3-5-7-9-10-15-22-18-21(24)23-19-13-12-14-20(17-19)25-16-11-8-6-4-2/h12-14,17,22H,3-11,15-16,18H2,1-2H3,(H,23,24). The molecule has 0 saturated carbocycles. The molecular formula is C21H36N2O2. The van der Waals surface area contributed by atoms with Crippen molar-refractivity contribution in [2.75, 3.05) is 25.0 Å². The van der Waals surface area contributed by atoms with Gasteiger partial charge in [-0.25, -0.2) is 0 Å². The lowest BCUT2D eigenvalue weighted by atomic mass is 10.1. The molecule has 4 nitrogen and oxygen atoms in total. The Morgan fingerprint density at radius 3 is 2.44 bits per heavy atom. The third kappa shape index (κ3) is 11.6. The number of rotatable bonds is 15. The van der Waals surface area contributed by atoms with Gasteiger partial charge in [-0.05, 0) is 31.5 Å². The molecule has 0 aliphatic heterocycles. The molecule has 1 amide bonds. The summed E-state index contributed by atoms with van der Waals surface area (Å²) < 4.78 is 5.75. The zero-order valence-electron chi connectivity index (χ0n) is 16.1. The van der Waals surface area contributed by atoms with E-state index in [4.69, 9.17) is 4.74 Å². The molecule has 0 aromatic heterocycles. The molecule has 1 aromatic carbocycles. The lowest BCUT2D eigenvalue weighted by molar-refractivity contribution is -0.115. The van der Waals surface area contributed by atoms with E-state index in [1.54, 1.807) is 0 Å². The first kappa shape index (κ1) is 21.5. The number of carbonyl (C=O) groups excluding carboxylic acids is 1. The van der Waals surface area contributed by atoms with Gasteiger partial charge >= 0.3 is 0 Å². The van der Waals surface area contributed by atoms with Gasteiger partial charge in [-0.1, -0.05) is 64.9 Å². The number of carbonyl (C=O) groups is 1. The van der Waals surface area contributed by atoms with Crippen LogP contribution in [0.15, 0.2) is 24.3 Å². The third-order valence-corrected chi connectivity index (χ3v) is 4.13. The highest BCUT2D eigenvalue weighted by Gasteiger charge is 2.03. The molecule has 0 atom stereocenters. The largest absolute Gasteiger partial charge is 0.494 e. The molecule has 4 heteroatoms. The van der Waals surface area contributed by atoms with Crippen LogP contribution in [0, 0.1) is 0 Å². The number of ether oxygens (including phenoxy) is 1. The van der Waals surface area contributed by atoms with Crippen LogP contribution < -0.4 is 15.4 Å². The quantitative estimate of drug-likeness (QED) is 0.431. The smallest absolute Gasteiger partial charge is 0.238 e. The van der Waals surface area contributed by atoms with E-state index < -0.39 is 0 Å². The Bertz CT molecular complexity index is 463. The van der Waals surface area contributed by atoms with Crippen molar-refractivity contribution in [3.63, 3.8) is 0 Å². The van der Waals surface area contributed by atoms with Gasteiger partial charge in [0.25, 0.3) is 0 Å². The topological polar surface area (TPSA) is 50.4 Å². The molecular weight excluding hydrogens is 312 g/mol. The highest BCUT2D eigenvalue weighted by Crippen LogP contribution is 2.17. The molecule has 1 rings (SSSR count). The lowest BCUT2D eigenvalue weighted by Crippen LogP contribution is -2.28. The average molecular weight is 349 g/mol. The van der Waals surface area contributed by atoms with Gasteiger partial charge in [-0.2, -0.15) is 0 Å². The first-order valence-corrected chi connectivity index (χ1v) is 9.99. The summed E-state index contributed by atoms with van der Waals surface area (Å²) in [5.41, 5.74) is 0.792. The molecule has 0 aliphatic carbocycles. The highest BCUT2D eigenvalue weighted by molar-refractivity contribution is 5.92. The third-order valence-electron chi connectivity index (χ3n) is 4.13. The van der Waals surface area contributed by atoms with Gasteiger partial charge in [0.2, 0.25) is 5.91 Å². The normalized spacial score (nSPS) is 10.6. The van der Waals surface area contributed by atoms with Gasteiger partial charge in [-0.3, -0.25) is 4.79 Å². The van der Waals surface area contributed by atoms with Crippen molar-refractivity contribution in [1.29, 1.82) is 0 Å². The fraction of sp³-hybridized carbons (Fsp3) is 0.667. The Morgan fingerprint density at radius 2 is 1.68 bits per heavy atom. The van der Waals surface area contributed by atoms with Crippen molar-refractivity contribution in [3.8, 4) is 5.75 Å². The Morgan fingerprint density at radius 1 is 0.960 bits per heavy atom. The van der Waals surface area contributed by atoms with Gasteiger partial charge in [0.15, 0.2) is 0 Å². The van der Waals surface area contributed by atoms with E-state index in [1.165, 1.54) is 44.9 Å². The maximum atomic E-state index is 12.0. The summed E-state index contributed by atoms with van der Waals surface area (Å²) in [5, 5.41) is 6.13. The average Bonchev–Trinajstić information content (AvgIpc) is 2.61. The second-order valence-corrected chi connectivity index (χ2v) is 6.58. The summed E-state index contributed by atoms with van der Waals surface area (Å²) in [7, 11) is 0. The molecule has 0 bridgehead atoms. The molecule has 0 unspecified atom stereocenters. The van der Waals surface area contributed by atoms with E-state index in [2.05, 4.69) is 24.5 Å². The molecule has 142 valence electrons. The number of benzene rings is 1. The second kappa shape index (κ2) is 14.8. The van der Waals surface area contributed by atoms with Crippen molar-refractivity contribution in [2.45, 2.75) is 71.6 Å². The monoisotopic (exact) mass is 348 g/mol. The van der Waals surface area contributed by atoms with Crippen LogP contribution in [-0.4, -0.2) is 25.6 Å². The zero-order valence-corrected chi connectivity index (χ0v) is 16.1. The van der Waals surface area contributed by atoms with Crippen molar-refractivity contribution in [1.82, 2.24) is 5.32 Å². The Kier molecular flexibility index (Phi) is 12.7. The van der Waals surface area contributed by atoms with Crippen molar-refractivity contribution in [2.24, 2.45) is 0 Å². The summed E-state index contributed by atoms with van der Waals surface area (Å²) in [5.74, 6) is 0.812. The molecule has 0 aliphatic rings. The lowest BCUT2D eigenvalue weighted by Gasteiger charge is -2.10. The summed E-state index contributed by atoms with van der Waals surface area (Å²) in [6, 6.07) is 7.64. The molecule has 0 spiro atoms. The molecule has 0 fully saturated rings. The fourth-order valence-electron chi connectivity index (χ4n) is 2.64. The molecule has 0 saturated heterocycles. The first-order valence-electron chi connectivity index (χ1n) is 9.99. The number of amides is 1. The molecule has 25 heavy (non-hydrogen) atoms. The van der Waals surface area contributed by atoms with Gasteiger partial charge in [0, 0.05) is 11.8 Å². The number of hydrogen-bond acceptors (Lipinski definition) is 3. The number of unbranched alkanes of at least 4 members (excludes halogenated alkanes) is 7. The maximum Gasteiger partial charge on any atom is 0.238 e. The van der Waals surface area contributed by atoms with Gasteiger partial charge in [0.05, 0.1) is 13.2 Å². The minimum Gasteiger partial charge on any atom is -0.494 e. The van der Waals surface area contributed by atoms with Gasteiger partial charge < -0.3 is 15.4 Å². The van der Waals surface area contributed by atoms with E-state index in [1.807, 2.05) is 24.3 Å². The molecule has 0 heterocycles. The van der Waals surface area contributed by atoms with Crippen LogP contribution in [0.25, 0.3) is 0 Å². The van der Waals surface area contributed by atoms with Gasteiger partial charge in [-0.15, -0.1) is 0 Å². The molecule has 0 radical (unpaired) electrons. The SMILES string of the molecule is CCCCCCCNCC(=O)Nc1cccc(OCCCCCC)c1. The number of anilines is 1. The van der Waals surface area contributed by atoms with E-state index >= 15 is 0 Å². The van der Waals surface area contributed by atoms with Crippen LogP contribution >= 0.6 is 0 Å². The maximum absolute atomic E-state index is 12.0. The Balaban J connectivity index is 2.18. The van der Waals surface area contributed by atoms with Crippen LogP contribution in [0.2, 0.25) is 0 Å². The minimum atomic E-state index is -0.00588. The zero-order chi connectivity index (χ0) is 18.2. The van der Waals surface area contributed by atoms with Crippen LogP contribution in [-0.2, 0) is 4.79 Å². The van der Waals surface area contributed by atoms with Crippen LogP contribution in [0.3, 0.4) is 0 Å². The molecule has 1 aromatic rings. The predicted octanol–water partition coefficient (Wildman–Crippen LogP) is 5.14. The number of nitrogens with one attached hydrogen (secondary N) is 2. The summed E-state index contributed by atoms with van der Waals surface area (Å²) >= 11 is 0. The Labute approximate surface area is 153 Å². The fourth-order valence-corrected chi connectivity index (χ4v) is 2.64. The minimum absolute atomic E-state index is 0.00588. The van der Waals surface area contributed by atoms with Crippen LogP contribution in [0.4, 0.5) is 5.69 Å². The molecule has 2 N–H and O–H groups in total. The van der Waals surface area contributed by atoms with Crippen LogP contribution in [0.1, 0.15) is 71.6 Å². The summed E-state index contributed by atoms with van der Waals surface area (Å²) in [6.07, 6.45) is 11.0. The van der Waals surface area contributed by atoms with Gasteiger partial charge in [0.1, 0.15) is 5.75 Å². The first-order chi connectivity index (χ1) is 12.3. The van der Waals surface area contributed by atoms with Crippen LogP contribution in [0.5, 0.6) is 5.75 Å². The highest BCUT2D eigenvalue weighted by atomic mass is 16.5. The van der Waals surface area contributed by atoms with E-state index in [9.17, 15) is 4.79 Å². The van der Waals surface area contributed by atoms with Crippen molar-refractivity contribution >= 4 is 11.6 Å². The number of hydrogen-bond donors (Lipinski definition) is 2. The van der Waals surface area contributed by atoms with E-state index in [-0.39, 0.29) is 5.91 Å². The van der Waals surface area contributed by atoms with Crippen molar-refractivity contribution in [3.05, 3.63) is 24.3 Å². The summed E-state index contributed by atoms with van der Waals surface area (Å²) in [4.78, 5) is 12.0. The van der Waals surface area contributed by atoms with Crippen molar-refractivity contribution < 1.29 is 9.53 Å². The van der Waals surface area contributed by atoms with E-state index in [0.717, 1.165) is 37.4 Å². The summed E-state index contributed by atoms with van der Waals surface area (Å²) in [6.45, 7) is 6.41.